The van der Waals surface area contributed by atoms with E-state index in [1.807, 2.05) is 49.0 Å². The Morgan fingerprint density at radius 1 is 1.14 bits per heavy atom. The lowest BCUT2D eigenvalue weighted by atomic mass is 10.1. The summed E-state index contributed by atoms with van der Waals surface area (Å²) in [5.41, 5.74) is 6.11. The van der Waals surface area contributed by atoms with Gasteiger partial charge >= 0.3 is 0 Å². The minimum atomic E-state index is -0.259. The normalized spacial score (nSPS) is 11.0. The third-order valence-corrected chi connectivity index (χ3v) is 4.90. The predicted octanol–water partition coefficient (Wildman–Crippen LogP) is 3.41. The summed E-state index contributed by atoms with van der Waals surface area (Å²) in [6.07, 6.45) is 5.29. The second kappa shape index (κ2) is 7.75. The summed E-state index contributed by atoms with van der Waals surface area (Å²) < 4.78 is 3.73. The number of amides is 1. The van der Waals surface area contributed by atoms with Crippen molar-refractivity contribution in [3.05, 3.63) is 71.4 Å². The zero-order valence-corrected chi connectivity index (χ0v) is 16.7. The van der Waals surface area contributed by atoms with Crippen LogP contribution in [-0.4, -0.2) is 35.7 Å². The van der Waals surface area contributed by atoms with Gasteiger partial charge in [-0.15, -0.1) is 0 Å². The summed E-state index contributed by atoms with van der Waals surface area (Å²) in [6.45, 7) is 7.57. The molecule has 0 saturated carbocycles. The molecule has 8 heteroatoms. The molecule has 3 heterocycles. The number of carbonyl (C=O) groups excluding carboxylic acids is 1. The molecule has 0 unspecified atom stereocenters. The molecule has 8 nitrogen and oxygen atoms in total. The maximum absolute atomic E-state index is 12.5. The molecule has 2 N–H and O–H groups in total. The van der Waals surface area contributed by atoms with Crippen LogP contribution in [-0.2, 0) is 13.1 Å². The molecule has 0 spiro atoms. The van der Waals surface area contributed by atoms with Crippen LogP contribution in [0.5, 0.6) is 0 Å². The van der Waals surface area contributed by atoms with E-state index in [4.69, 9.17) is 0 Å². The fourth-order valence-corrected chi connectivity index (χ4v) is 3.16. The Hall–Kier alpha value is -3.68. The van der Waals surface area contributed by atoms with E-state index in [9.17, 15) is 4.79 Å². The number of aromatic amines is 1. The van der Waals surface area contributed by atoms with Gasteiger partial charge in [-0.25, -0.2) is 0 Å². The van der Waals surface area contributed by atoms with Crippen LogP contribution in [0.3, 0.4) is 0 Å². The fourth-order valence-electron chi connectivity index (χ4n) is 3.16. The van der Waals surface area contributed by atoms with Gasteiger partial charge < -0.3 is 5.32 Å². The topological polar surface area (TPSA) is 93.4 Å². The molecule has 4 aromatic rings. The van der Waals surface area contributed by atoms with E-state index in [0.717, 1.165) is 29.1 Å². The molecule has 0 aliphatic carbocycles. The summed E-state index contributed by atoms with van der Waals surface area (Å²) in [5, 5.41) is 18.6. The number of H-pyrrole nitrogens is 1. The standard InChI is InChI=1S/C21H23N7O/c1-4-28-15(3)17(10-23-28)12-27-13-18(11-22-27)24-21(29)20-9-19(25-26-20)16-7-5-14(2)6-8-16/h5-11,13H,4,12H2,1-3H3,(H,24,29)(H,25,26). The highest BCUT2D eigenvalue weighted by molar-refractivity contribution is 6.03. The molecule has 0 aliphatic rings. The fraction of sp³-hybridized carbons (Fsp3) is 0.238. The lowest BCUT2D eigenvalue weighted by molar-refractivity contribution is 0.102. The van der Waals surface area contributed by atoms with Gasteiger partial charge in [-0.1, -0.05) is 29.8 Å². The van der Waals surface area contributed by atoms with Crippen molar-refractivity contribution in [2.75, 3.05) is 5.32 Å². The Bertz CT molecular complexity index is 1130. The largest absolute Gasteiger partial charge is 0.318 e. The monoisotopic (exact) mass is 389 g/mol. The van der Waals surface area contributed by atoms with Gasteiger partial charge in [0.05, 0.1) is 30.3 Å². The van der Waals surface area contributed by atoms with Crippen LogP contribution >= 0.6 is 0 Å². The Morgan fingerprint density at radius 2 is 1.93 bits per heavy atom. The Balaban J connectivity index is 1.43. The number of nitrogens with one attached hydrogen (secondary N) is 2. The minimum absolute atomic E-state index is 0.259. The molecule has 1 aromatic carbocycles. The molecule has 29 heavy (non-hydrogen) atoms. The molecule has 0 fully saturated rings. The second-order valence-corrected chi connectivity index (χ2v) is 6.98. The molecule has 148 valence electrons. The van der Waals surface area contributed by atoms with Crippen LogP contribution in [0.2, 0.25) is 0 Å². The van der Waals surface area contributed by atoms with Crippen molar-refractivity contribution in [1.82, 2.24) is 29.8 Å². The highest BCUT2D eigenvalue weighted by atomic mass is 16.1. The van der Waals surface area contributed by atoms with Crippen molar-refractivity contribution >= 4 is 11.6 Å². The molecule has 1 amide bonds. The second-order valence-electron chi connectivity index (χ2n) is 6.98. The van der Waals surface area contributed by atoms with Crippen molar-refractivity contribution in [2.45, 2.75) is 33.9 Å². The van der Waals surface area contributed by atoms with Gasteiger partial charge in [0.15, 0.2) is 0 Å². The van der Waals surface area contributed by atoms with E-state index < -0.39 is 0 Å². The predicted molar refractivity (Wildman–Crippen MR) is 111 cm³/mol. The number of benzene rings is 1. The summed E-state index contributed by atoms with van der Waals surface area (Å²) in [5.74, 6) is -0.259. The highest BCUT2D eigenvalue weighted by Crippen LogP contribution is 2.19. The number of aryl methyl sites for hydroxylation is 2. The lowest BCUT2D eigenvalue weighted by Gasteiger charge is -2.03. The average molecular weight is 389 g/mol. The van der Waals surface area contributed by atoms with Crippen LogP contribution in [0.25, 0.3) is 11.3 Å². The van der Waals surface area contributed by atoms with Gasteiger partial charge in [-0.3, -0.25) is 19.3 Å². The first-order valence-corrected chi connectivity index (χ1v) is 9.51. The molecule has 3 aromatic heterocycles. The quantitative estimate of drug-likeness (QED) is 0.528. The first-order chi connectivity index (χ1) is 14.0. The number of aromatic nitrogens is 6. The average Bonchev–Trinajstić information content (AvgIpc) is 3.44. The van der Waals surface area contributed by atoms with Crippen molar-refractivity contribution in [2.24, 2.45) is 0 Å². The van der Waals surface area contributed by atoms with Crippen LogP contribution < -0.4 is 5.32 Å². The molecule has 0 saturated heterocycles. The Labute approximate surface area is 168 Å². The van der Waals surface area contributed by atoms with Gasteiger partial charge in [0.2, 0.25) is 0 Å². The Kier molecular flexibility index (Phi) is 4.99. The zero-order chi connectivity index (χ0) is 20.4. The summed E-state index contributed by atoms with van der Waals surface area (Å²) in [7, 11) is 0. The number of rotatable bonds is 6. The van der Waals surface area contributed by atoms with Gasteiger partial charge in [0.25, 0.3) is 5.91 Å². The third-order valence-electron chi connectivity index (χ3n) is 4.90. The van der Waals surface area contributed by atoms with E-state index in [1.54, 1.807) is 23.1 Å². The maximum atomic E-state index is 12.5. The maximum Gasteiger partial charge on any atom is 0.273 e. The Morgan fingerprint density at radius 3 is 2.66 bits per heavy atom. The van der Waals surface area contributed by atoms with Crippen molar-refractivity contribution in [1.29, 1.82) is 0 Å². The molecular formula is C21H23N7O. The molecule has 0 bridgehead atoms. The van der Waals surface area contributed by atoms with Gasteiger partial charge in [0, 0.05) is 29.6 Å². The van der Waals surface area contributed by atoms with Gasteiger partial charge in [0.1, 0.15) is 5.69 Å². The number of hydrogen-bond acceptors (Lipinski definition) is 4. The minimum Gasteiger partial charge on any atom is -0.318 e. The molecule has 4 rings (SSSR count). The SMILES string of the molecule is CCn1ncc(Cn2cc(NC(=O)c3cc(-c4ccc(C)cc4)n[nH]3)cn2)c1C. The summed E-state index contributed by atoms with van der Waals surface area (Å²) in [6, 6.07) is 9.75. The van der Waals surface area contributed by atoms with Crippen LogP contribution in [0.4, 0.5) is 5.69 Å². The summed E-state index contributed by atoms with van der Waals surface area (Å²) >= 11 is 0. The van der Waals surface area contributed by atoms with E-state index in [1.165, 1.54) is 5.56 Å². The summed E-state index contributed by atoms with van der Waals surface area (Å²) in [4.78, 5) is 12.5. The van der Waals surface area contributed by atoms with Gasteiger partial charge in [-0.2, -0.15) is 15.3 Å². The van der Waals surface area contributed by atoms with Crippen LogP contribution in [0.15, 0.2) is 48.9 Å². The van der Waals surface area contributed by atoms with E-state index >= 15 is 0 Å². The van der Waals surface area contributed by atoms with Crippen molar-refractivity contribution in [3.63, 3.8) is 0 Å². The third kappa shape index (κ3) is 3.96. The van der Waals surface area contributed by atoms with Crippen LogP contribution in [0.1, 0.15) is 34.2 Å². The highest BCUT2D eigenvalue weighted by Gasteiger charge is 2.13. The number of nitrogens with zero attached hydrogens (tertiary/aromatic N) is 5. The number of hydrogen-bond donors (Lipinski definition) is 2. The first-order valence-electron chi connectivity index (χ1n) is 9.51. The van der Waals surface area contributed by atoms with E-state index in [-0.39, 0.29) is 5.91 Å². The first kappa shape index (κ1) is 18.7. The molecule has 0 aliphatic heterocycles. The molecule has 0 atom stereocenters. The number of anilines is 1. The molecular weight excluding hydrogens is 366 g/mol. The number of carbonyl (C=O) groups is 1. The van der Waals surface area contributed by atoms with E-state index in [2.05, 4.69) is 32.6 Å². The van der Waals surface area contributed by atoms with Crippen molar-refractivity contribution in [3.8, 4) is 11.3 Å². The van der Waals surface area contributed by atoms with E-state index in [0.29, 0.717) is 17.9 Å². The van der Waals surface area contributed by atoms with Crippen LogP contribution in [0, 0.1) is 13.8 Å². The van der Waals surface area contributed by atoms with Gasteiger partial charge in [-0.05, 0) is 26.8 Å². The smallest absolute Gasteiger partial charge is 0.273 e. The zero-order valence-electron chi connectivity index (χ0n) is 16.7. The molecule has 0 radical (unpaired) electrons. The van der Waals surface area contributed by atoms with Crippen molar-refractivity contribution < 1.29 is 4.79 Å². The lowest BCUT2D eigenvalue weighted by Crippen LogP contribution is -2.11.